The van der Waals surface area contributed by atoms with Crippen LogP contribution in [0.3, 0.4) is 0 Å². The van der Waals surface area contributed by atoms with Gasteiger partial charge in [0.25, 0.3) is 0 Å². The average Bonchev–Trinajstić information content (AvgIpc) is 2.86. The number of benzene rings is 1. The van der Waals surface area contributed by atoms with Crippen LogP contribution in [0.4, 0.5) is 0 Å². The molecule has 6 heteroatoms. The number of methoxy groups -OCH3 is 1. The maximum atomic E-state index is 5.54. The van der Waals surface area contributed by atoms with Crippen LogP contribution in [0.1, 0.15) is 28.5 Å². The first-order valence-corrected chi connectivity index (χ1v) is 7.54. The van der Waals surface area contributed by atoms with Gasteiger partial charge in [-0.15, -0.1) is 0 Å². The Morgan fingerprint density at radius 1 is 1.22 bits per heavy atom. The van der Waals surface area contributed by atoms with Crippen molar-refractivity contribution in [3.05, 3.63) is 46.7 Å². The number of aryl methyl sites for hydroxylation is 3. The van der Waals surface area contributed by atoms with Gasteiger partial charge in [-0.1, -0.05) is 12.1 Å². The minimum absolute atomic E-state index is 0.496. The normalized spacial score (nSPS) is 11.4. The summed E-state index contributed by atoms with van der Waals surface area (Å²) in [5, 5.41) is 6.46. The number of aliphatic imine (C=N–C) groups is 1. The molecule has 0 aliphatic rings. The van der Waals surface area contributed by atoms with Gasteiger partial charge in [-0.05, 0) is 38.0 Å². The van der Waals surface area contributed by atoms with E-state index in [2.05, 4.69) is 26.7 Å². The second-order valence-corrected chi connectivity index (χ2v) is 5.33. The van der Waals surface area contributed by atoms with Gasteiger partial charge >= 0.3 is 0 Å². The van der Waals surface area contributed by atoms with E-state index in [0.717, 1.165) is 28.3 Å². The summed E-state index contributed by atoms with van der Waals surface area (Å²) in [6, 6.07) is 6.10. The molecule has 0 bridgehead atoms. The molecule has 0 saturated carbocycles. The maximum Gasteiger partial charge on any atom is 0.214 e. The summed E-state index contributed by atoms with van der Waals surface area (Å²) >= 11 is 0. The van der Waals surface area contributed by atoms with Crippen molar-refractivity contribution in [1.29, 1.82) is 0 Å². The molecule has 0 saturated heterocycles. The van der Waals surface area contributed by atoms with Crippen molar-refractivity contribution in [2.45, 2.75) is 33.9 Å². The summed E-state index contributed by atoms with van der Waals surface area (Å²) < 4.78 is 10.8. The molecule has 124 valence electrons. The van der Waals surface area contributed by atoms with Crippen LogP contribution in [0.15, 0.2) is 27.6 Å². The monoisotopic (exact) mass is 316 g/mol. The second kappa shape index (κ2) is 7.67. The van der Waals surface area contributed by atoms with Crippen molar-refractivity contribution in [1.82, 2.24) is 15.6 Å². The third kappa shape index (κ3) is 4.48. The summed E-state index contributed by atoms with van der Waals surface area (Å²) in [5.41, 5.74) is 3.19. The zero-order valence-corrected chi connectivity index (χ0v) is 14.4. The molecule has 1 heterocycles. The van der Waals surface area contributed by atoms with Crippen LogP contribution in [-0.4, -0.2) is 25.1 Å². The van der Waals surface area contributed by atoms with Gasteiger partial charge in [0.1, 0.15) is 11.5 Å². The molecule has 2 N–H and O–H groups in total. The van der Waals surface area contributed by atoms with E-state index in [0.29, 0.717) is 24.9 Å². The van der Waals surface area contributed by atoms with Gasteiger partial charge in [0.05, 0.1) is 19.3 Å². The van der Waals surface area contributed by atoms with E-state index >= 15 is 0 Å². The van der Waals surface area contributed by atoms with Crippen LogP contribution >= 0.6 is 0 Å². The predicted molar refractivity (Wildman–Crippen MR) is 90.7 cm³/mol. The predicted octanol–water partition coefficient (Wildman–Crippen LogP) is 2.47. The van der Waals surface area contributed by atoms with Crippen molar-refractivity contribution >= 4 is 5.96 Å². The fraction of sp³-hybridized carbons (Fsp3) is 0.412. The molecule has 0 amide bonds. The maximum absolute atomic E-state index is 5.54. The lowest BCUT2D eigenvalue weighted by Crippen LogP contribution is -2.36. The largest absolute Gasteiger partial charge is 0.496 e. The summed E-state index contributed by atoms with van der Waals surface area (Å²) in [4.78, 5) is 8.54. The minimum atomic E-state index is 0.496. The van der Waals surface area contributed by atoms with Gasteiger partial charge in [-0.25, -0.2) is 4.98 Å². The van der Waals surface area contributed by atoms with Crippen molar-refractivity contribution in [3.8, 4) is 5.75 Å². The second-order valence-electron chi connectivity index (χ2n) is 5.33. The van der Waals surface area contributed by atoms with Crippen LogP contribution in [0.5, 0.6) is 5.75 Å². The molecule has 0 aliphatic heterocycles. The standard InChI is InChI=1S/C17H24N4O2/c1-11-8-14(6-7-15(11)22-5)9-19-17(18-4)20-10-16-21-12(2)13(3)23-16/h6-8H,9-10H2,1-5H3,(H2,18,19,20). The fourth-order valence-corrected chi connectivity index (χ4v) is 2.23. The highest BCUT2D eigenvalue weighted by molar-refractivity contribution is 5.79. The van der Waals surface area contributed by atoms with Gasteiger partial charge < -0.3 is 19.8 Å². The van der Waals surface area contributed by atoms with Crippen molar-refractivity contribution in [3.63, 3.8) is 0 Å². The minimum Gasteiger partial charge on any atom is -0.496 e. The SMILES string of the molecule is CN=C(NCc1ccc(OC)c(C)c1)NCc1nc(C)c(C)o1. The molecule has 23 heavy (non-hydrogen) atoms. The Morgan fingerprint density at radius 2 is 1.96 bits per heavy atom. The number of nitrogens with zero attached hydrogens (tertiary/aromatic N) is 2. The number of guanidine groups is 1. The summed E-state index contributed by atoms with van der Waals surface area (Å²) in [7, 11) is 3.42. The van der Waals surface area contributed by atoms with Gasteiger partial charge in [0, 0.05) is 13.6 Å². The van der Waals surface area contributed by atoms with Crippen LogP contribution in [0, 0.1) is 20.8 Å². The molecule has 2 rings (SSSR count). The molecular formula is C17H24N4O2. The third-order valence-corrected chi connectivity index (χ3v) is 3.62. The zero-order chi connectivity index (χ0) is 16.8. The van der Waals surface area contributed by atoms with Crippen molar-refractivity contribution < 1.29 is 9.15 Å². The average molecular weight is 316 g/mol. The van der Waals surface area contributed by atoms with Gasteiger partial charge in [0.2, 0.25) is 5.89 Å². The Balaban J connectivity index is 1.88. The summed E-state index contributed by atoms with van der Waals surface area (Å²) in [6.45, 7) is 7.04. The Bertz CT molecular complexity index is 672. The molecule has 6 nitrogen and oxygen atoms in total. The number of nitrogens with one attached hydrogen (secondary N) is 2. The first-order valence-electron chi connectivity index (χ1n) is 7.54. The van der Waals surface area contributed by atoms with E-state index in [4.69, 9.17) is 9.15 Å². The Kier molecular flexibility index (Phi) is 5.62. The van der Waals surface area contributed by atoms with E-state index in [1.807, 2.05) is 32.9 Å². The number of hydrogen-bond donors (Lipinski definition) is 2. The van der Waals surface area contributed by atoms with Gasteiger partial charge in [0.15, 0.2) is 5.96 Å². The van der Waals surface area contributed by atoms with Crippen LogP contribution in [-0.2, 0) is 13.1 Å². The molecule has 1 aromatic carbocycles. The number of aromatic nitrogens is 1. The quantitative estimate of drug-likeness (QED) is 0.655. The molecular weight excluding hydrogens is 292 g/mol. The number of rotatable bonds is 5. The Labute approximate surface area is 137 Å². The molecule has 2 aromatic rings. The number of oxazole rings is 1. The summed E-state index contributed by atoms with van der Waals surface area (Å²) in [6.07, 6.45) is 0. The highest BCUT2D eigenvalue weighted by Crippen LogP contribution is 2.18. The van der Waals surface area contributed by atoms with E-state index < -0.39 is 0 Å². The molecule has 0 radical (unpaired) electrons. The van der Waals surface area contributed by atoms with E-state index in [-0.39, 0.29) is 0 Å². The summed E-state index contributed by atoms with van der Waals surface area (Å²) in [5.74, 6) is 3.10. The highest BCUT2D eigenvalue weighted by atomic mass is 16.5. The van der Waals surface area contributed by atoms with Crippen molar-refractivity contribution in [2.24, 2.45) is 4.99 Å². The Hall–Kier alpha value is -2.50. The van der Waals surface area contributed by atoms with Gasteiger partial charge in [-0.3, -0.25) is 4.99 Å². The Morgan fingerprint density at radius 3 is 2.52 bits per heavy atom. The zero-order valence-electron chi connectivity index (χ0n) is 14.4. The van der Waals surface area contributed by atoms with E-state index in [1.165, 1.54) is 0 Å². The molecule has 0 atom stereocenters. The number of ether oxygens (including phenoxy) is 1. The first-order chi connectivity index (χ1) is 11.0. The van der Waals surface area contributed by atoms with E-state index in [9.17, 15) is 0 Å². The highest BCUT2D eigenvalue weighted by Gasteiger charge is 2.06. The van der Waals surface area contributed by atoms with Gasteiger partial charge in [-0.2, -0.15) is 0 Å². The van der Waals surface area contributed by atoms with Crippen LogP contribution in [0.2, 0.25) is 0 Å². The lowest BCUT2D eigenvalue weighted by molar-refractivity contribution is 0.411. The van der Waals surface area contributed by atoms with E-state index in [1.54, 1.807) is 14.2 Å². The number of hydrogen-bond acceptors (Lipinski definition) is 4. The fourth-order valence-electron chi connectivity index (χ4n) is 2.23. The topological polar surface area (TPSA) is 71.7 Å². The van der Waals surface area contributed by atoms with Crippen molar-refractivity contribution in [2.75, 3.05) is 14.2 Å². The third-order valence-electron chi connectivity index (χ3n) is 3.62. The molecule has 1 aromatic heterocycles. The smallest absolute Gasteiger partial charge is 0.214 e. The lowest BCUT2D eigenvalue weighted by atomic mass is 10.1. The molecule has 0 spiro atoms. The lowest BCUT2D eigenvalue weighted by Gasteiger charge is -2.12. The molecule has 0 fully saturated rings. The molecule has 0 aliphatic carbocycles. The van der Waals surface area contributed by atoms with Crippen LogP contribution in [0.25, 0.3) is 0 Å². The first kappa shape index (κ1) is 16.9. The van der Waals surface area contributed by atoms with Crippen LogP contribution < -0.4 is 15.4 Å². The molecule has 0 unspecified atom stereocenters.